The number of nitro groups is 1. The summed E-state index contributed by atoms with van der Waals surface area (Å²) in [5.74, 6) is 1.25. The van der Waals surface area contributed by atoms with Crippen LogP contribution in [-0.2, 0) is 11.3 Å². The van der Waals surface area contributed by atoms with Gasteiger partial charge in [-0.15, -0.1) is 0 Å². The normalized spacial score (nSPS) is 10.7. The van der Waals surface area contributed by atoms with E-state index in [1.807, 2.05) is 36.9 Å². The van der Waals surface area contributed by atoms with Crippen molar-refractivity contribution in [3.05, 3.63) is 58.1 Å². The van der Waals surface area contributed by atoms with Crippen LogP contribution in [0.3, 0.4) is 0 Å². The fourth-order valence-corrected chi connectivity index (χ4v) is 2.86. The Bertz CT molecular complexity index is 839. The lowest BCUT2D eigenvalue weighted by Crippen LogP contribution is -2.38. The Labute approximate surface area is 170 Å². The quantitative estimate of drug-likeness (QED) is 0.448. The topological polar surface area (TPSA) is 85.2 Å². The van der Waals surface area contributed by atoms with E-state index in [4.69, 9.17) is 9.47 Å². The highest BCUT2D eigenvalue weighted by atomic mass is 16.6. The second kappa shape index (κ2) is 10.4. The maximum atomic E-state index is 12.7. The van der Waals surface area contributed by atoms with Crippen LogP contribution in [0.1, 0.15) is 19.4 Å². The van der Waals surface area contributed by atoms with Gasteiger partial charge in [-0.05, 0) is 43.3 Å². The van der Waals surface area contributed by atoms with Gasteiger partial charge in [-0.3, -0.25) is 19.8 Å². The summed E-state index contributed by atoms with van der Waals surface area (Å²) in [5.41, 5.74) is 1.62. The van der Waals surface area contributed by atoms with Gasteiger partial charge in [0.25, 0.3) is 5.69 Å². The lowest BCUT2D eigenvalue weighted by molar-refractivity contribution is -0.384. The van der Waals surface area contributed by atoms with Crippen LogP contribution < -0.4 is 14.4 Å². The highest BCUT2D eigenvalue weighted by molar-refractivity contribution is 5.94. The first kappa shape index (κ1) is 22.2. The summed E-state index contributed by atoms with van der Waals surface area (Å²) in [4.78, 5) is 26.5. The maximum Gasteiger partial charge on any atom is 0.269 e. The zero-order valence-corrected chi connectivity index (χ0v) is 17.3. The molecule has 0 aliphatic carbocycles. The van der Waals surface area contributed by atoms with E-state index in [-0.39, 0.29) is 18.1 Å². The minimum Gasteiger partial charge on any atom is -0.493 e. The SMILES string of the molecule is CCOc1ccc(CN(CC)CC(=O)N(C)c2ccc([N+](=O)[O-])cc2)cc1OC. The van der Waals surface area contributed by atoms with E-state index in [0.29, 0.717) is 36.9 Å². The number of hydrogen-bond donors (Lipinski definition) is 0. The number of carbonyl (C=O) groups is 1. The average molecular weight is 401 g/mol. The number of non-ortho nitro benzene ring substituents is 1. The lowest BCUT2D eigenvalue weighted by Gasteiger charge is -2.24. The first-order chi connectivity index (χ1) is 13.9. The molecule has 8 nitrogen and oxygen atoms in total. The molecule has 2 rings (SSSR count). The van der Waals surface area contributed by atoms with Crippen molar-refractivity contribution in [1.82, 2.24) is 4.90 Å². The first-order valence-corrected chi connectivity index (χ1v) is 9.42. The van der Waals surface area contributed by atoms with Crippen LogP contribution >= 0.6 is 0 Å². The van der Waals surface area contributed by atoms with Gasteiger partial charge in [0, 0.05) is 31.4 Å². The largest absolute Gasteiger partial charge is 0.493 e. The third-order valence-electron chi connectivity index (χ3n) is 4.56. The molecule has 0 atom stereocenters. The standard InChI is InChI=1S/C21H27N3O5/c1-5-23(14-16-7-12-19(29-6-2)20(13-16)28-4)15-21(25)22(3)17-8-10-18(11-9-17)24(26)27/h7-13H,5-6,14-15H2,1-4H3. The molecule has 0 unspecified atom stereocenters. The van der Waals surface area contributed by atoms with E-state index in [1.54, 1.807) is 26.3 Å². The van der Waals surface area contributed by atoms with Gasteiger partial charge in [0.05, 0.1) is 25.2 Å². The van der Waals surface area contributed by atoms with Crippen LogP contribution in [0.4, 0.5) is 11.4 Å². The molecule has 0 heterocycles. The Morgan fingerprint density at radius 3 is 2.34 bits per heavy atom. The number of amides is 1. The Morgan fingerprint density at radius 1 is 1.10 bits per heavy atom. The minimum atomic E-state index is -0.463. The van der Waals surface area contributed by atoms with Gasteiger partial charge in [0.1, 0.15) is 0 Å². The molecule has 0 N–H and O–H groups in total. The number of rotatable bonds is 10. The number of benzene rings is 2. The van der Waals surface area contributed by atoms with Crippen molar-refractivity contribution in [3.8, 4) is 11.5 Å². The summed E-state index contributed by atoms with van der Waals surface area (Å²) in [6, 6.07) is 11.7. The van der Waals surface area contributed by atoms with Gasteiger partial charge in [-0.25, -0.2) is 0 Å². The Hall–Kier alpha value is -3.13. The second-order valence-electron chi connectivity index (χ2n) is 6.45. The molecule has 2 aromatic carbocycles. The lowest BCUT2D eigenvalue weighted by atomic mass is 10.2. The number of nitrogens with zero attached hydrogens (tertiary/aromatic N) is 3. The number of carbonyl (C=O) groups excluding carboxylic acids is 1. The minimum absolute atomic E-state index is 0.00534. The number of hydrogen-bond acceptors (Lipinski definition) is 6. The van der Waals surface area contributed by atoms with Crippen molar-refractivity contribution in [2.24, 2.45) is 0 Å². The van der Waals surface area contributed by atoms with Gasteiger partial charge in [0.15, 0.2) is 11.5 Å². The number of nitro benzene ring substituents is 1. The van der Waals surface area contributed by atoms with Crippen LogP contribution in [0.15, 0.2) is 42.5 Å². The van der Waals surface area contributed by atoms with E-state index < -0.39 is 4.92 Å². The monoisotopic (exact) mass is 401 g/mol. The summed E-state index contributed by atoms with van der Waals surface area (Å²) in [6.07, 6.45) is 0. The van der Waals surface area contributed by atoms with Crippen molar-refractivity contribution in [1.29, 1.82) is 0 Å². The molecule has 156 valence electrons. The van der Waals surface area contributed by atoms with Gasteiger partial charge in [-0.1, -0.05) is 13.0 Å². The summed E-state index contributed by atoms with van der Waals surface area (Å²) in [7, 11) is 3.26. The smallest absolute Gasteiger partial charge is 0.269 e. The third-order valence-corrected chi connectivity index (χ3v) is 4.56. The fourth-order valence-electron chi connectivity index (χ4n) is 2.86. The first-order valence-electron chi connectivity index (χ1n) is 9.42. The average Bonchev–Trinajstić information content (AvgIpc) is 2.73. The molecular weight excluding hydrogens is 374 g/mol. The van der Waals surface area contributed by atoms with Crippen LogP contribution in [0.2, 0.25) is 0 Å². The summed E-state index contributed by atoms with van der Waals surface area (Å²) >= 11 is 0. The van der Waals surface area contributed by atoms with Crippen molar-refractivity contribution < 1.29 is 19.2 Å². The van der Waals surface area contributed by atoms with Gasteiger partial charge < -0.3 is 14.4 Å². The van der Waals surface area contributed by atoms with Crippen LogP contribution in [0.5, 0.6) is 11.5 Å². The van der Waals surface area contributed by atoms with E-state index >= 15 is 0 Å². The Kier molecular flexibility index (Phi) is 7.97. The number of methoxy groups -OCH3 is 1. The molecule has 0 aliphatic rings. The van der Waals surface area contributed by atoms with Crippen LogP contribution in [0.25, 0.3) is 0 Å². The highest BCUT2D eigenvalue weighted by Gasteiger charge is 2.17. The molecule has 0 saturated carbocycles. The number of anilines is 1. The molecular formula is C21H27N3O5. The molecule has 1 amide bonds. The number of likely N-dealkylation sites (N-methyl/N-ethyl adjacent to an activating group) is 2. The summed E-state index contributed by atoms with van der Waals surface area (Å²) in [5, 5.41) is 10.8. The van der Waals surface area contributed by atoms with E-state index in [2.05, 4.69) is 0 Å². The molecule has 2 aromatic rings. The predicted molar refractivity (Wildman–Crippen MR) is 112 cm³/mol. The molecule has 0 saturated heterocycles. The number of ether oxygens (including phenoxy) is 2. The zero-order valence-electron chi connectivity index (χ0n) is 17.3. The molecule has 8 heteroatoms. The summed E-state index contributed by atoms with van der Waals surface area (Å²) in [6.45, 7) is 5.96. The Morgan fingerprint density at radius 2 is 1.79 bits per heavy atom. The zero-order chi connectivity index (χ0) is 21.4. The fraction of sp³-hybridized carbons (Fsp3) is 0.381. The predicted octanol–water partition coefficient (Wildman–Crippen LogP) is 3.49. The molecule has 29 heavy (non-hydrogen) atoms. The van der Waals surface area contributed by atoms with Crippen LogP contribution in [0, 0.1) is 10.1 Å². The van der Waals surface area contributed by atoms with E-state index in [9.17, 15) is 14.9 Å². The van der Waals surface area contributed by atoms with Crippen molar-refractivity contribution in [2.45, 2.75) is 20.4 Å². The molecule has 0 aliphatic heterocycles. The van der Waals surface area contributed by atoms with E-state index in [0.717, 1.165) is 5.56 Å². The van der Waals surface area contributed by atoms with Crippen molar-refractivity contribution in [3.63, 3.8) is 0 Å². The Balaban J connectivity index is 2.04. The van der Waals surface area contributed by atoms with Crippen molar-refractivity contribution >= 4 is 17.3 Å². The highest BCUT2D eigenvalue weighted by Crippen LogP contribution is 2.28. The van der Waals surface area contributed by atoms with E-state index in [1.165, 1.54) is 17.0 Å². The summed E-state index contributed by atoms with van der Waals surface area (Å²) < 4.78 is 10.9. The van der Waals surface area contributed by atoms with Gasteiger partial charge in [0.2, 0.25) is 5.91 Å². The molecule has 0 spiro atoms. The maximum absolute atomic E-state index is 12.7. The van der Waals surface area contributed by atoms with Crippen LogP contribution in [-0.4, -0.2) is 49.6 Å². The molecule has 0 radical (unpaired) electrons. The van der Waals surface area contributed by atoms with Gasteiger partial charge >= 0.3 is 0 Å². The van der Waals surface area contributed by atoms with Crippen molar-refractivity contribution in [2.75, 3.05) is 38.8 Å². The molecule has 0 fully saturated rings. The molecule has 0 aromatic heterocycles. The molecule has 0 bridgehead atoms. The van der Waals surface area contributed by atoms with Gasteiger partial charge in [-0.2, -0.15) is 0 Å². The second-order valence-corrected chi connectivity index (χ2v) is 6.45. The third kappa shape index (κ3) is 5.92.